The third-order valence-electron chi connectivity index (χ3n) is 5.12. The summed E-state index contributed by atoms with van der Waals surface area (Å²) in [5, 5.41) is 9.27. The molecule has 3 heterocycles. The summed E-state index contributed by atoms with van der Waals surface area (Å²) in [4.78, 5) is 19.1. The van der Waals surface area contributed by atoms with E-state index < -0.39 is 0 Å². The Bertz CT molecular complexity index is 817. The van der Waals surface area contributed by atoms with Gasteiger partial charge in [-0.15, -0.1) is 10.2 Å². The fraction of sp³-hybridized carbons (Fsp3) is 0.421. The van der Waals surface area contributed by atoms with Gasteiger partial charge in [-0.05, 0) is 43.2 Å². The predicted octanol–water partition coefficient (Wildman–Crippen LogP) is 3.46. The number of nitrogens with zero attached hydrogens (tertiary/aromatic N) is 5. The van der Waals surface area contributed by atoms with E-state index in [1.54, 1.807) is 12.1 Å². The number of carbonyl (C=O) groups is 1. The highest BCUT2D eigenvalue weighted by molar-refractivity contribution is 9.10. The zero-order valence-corrected chi connectivity index (χ0v) is 17.3. The number of carbonyl (C=O) groups excluding carboxylic acids is 1. The van der Waals surface area contributed by atoms with Crippen LogP contribution in [0.15, 0.2) is 34.8 Å². The molecule has 0 radical (unpaired) electrons. The molecule has 2 saturated heterocycles. The highest BCUT2D eigenvalue weighted by Gasteiger charge is 2.25. The number of piperazine rings is 1. The molecule has 4 rings (SSSR count). The van der Waals surface area contributed by atoms with Gasteiger partial charge < -0.3 is 14.7 Å². The lowest BCUT2D eigenvalue weighted by Gasteiger charge is -2.35. The van der Waals surface area contributed by atoms with Gasteiger partial charge in [0.15, 0.2) is 11.6 Å². The van der Waals surface area contributed by atoms with Crippen LogP contribution in [-0.2, 0) is 0 Å². The third-order valence-corrected chi connectivity index (χ3v) is 5.94. The van der Waals surface area contributed by atoms with E-state index in [4.69, 9.17) is 11.6 Å². The first-order chi connectivity index (χ1) is 13.1. The Balaban J connectivity index is 1.38. The molecule has 0 atom stereocenters. The number of hydrogen-bond donors (Lipinski definition) is 0. The molecule has 0 bridgehead atoms. The maximum Gasteiger partial charge on any atom is 0.255 e. The Morgan fingerprint density at radius 2 is 1.48 bits per heavy atom. The molecule has 6 nitrogen and oxygen atoms in total. The smallest absolute Gasteiger partial charge is 0.255 e. The monoisotopic (exact) mass is 449 g/mol. The Morgan fingerprint density at radius 3 is 2.07 bits per heavy atom. The maximum absolute atomic E-state index is 12.8. The van der Waals surface area contributed by atoms with Crippen LogP contribution in [-0.4, -0.2) is 60.3 Å². The Morgan fingerprint density at radius 1 is 0.889 bits per heavy atom. The lowest BCUT2D eigenvalue weighted by atomic mass is 10.2. The Labute approximate surface area is 172 Å². The Hall–Kier alpha value is -1.86. The van der Waals surface area contributed by atoms with Crippen molar-refractivity contribution in [3.05, 3.63) is 45.4 Å². The lowest BCUT2D eigenvalue weighted by molar-refractivity contribution is 0.0746. The van der Waals surface area contributed by atoms with Crippen LogP contribution in [0.3, 0.4) is 0 Å². The molecule has 1 aromatic carbocycles. The fourth-order valence-electron chi connectivity index (χ4n) is 3.57. The second kappa shape index (κ2) is 8.02. The lowest BCUT2D eigenvalue weighted by Crippen LogP contribution is -2.49. The van der Waals surface area contributed by atoms with E-state index in [9.17, 15) is 4.79 Å². The average Bonchev–Trinajstić information content (AvgIpc) is 3.24. The summed E-state index contributed by atoms with van der Waals surface area (Å²) in [6, 6.07) is 9.43. The van der Waals surface area contributed by atoms with Crippen molar-refractivity contribution >= 4 is 45.1 Å². The molecule has 1 aromatic heterocycles. The SMILES string of the molecule is O=C(c1cc(Br)ccc1Cl)N1CCN(c2ccc(N3CCCC3)nn2)CC1. The molecule has 8 heteroatoms. The highest BCUT2D eigenvalue weighted by Crippen LogP contribution is 2.24. The minimum Gasteiger partial charge on any atom is -0.355 e. The van der Waals surface area contributed by atoms with Crippen molar-refractivity contribution in [1.29, 1.82) is 0 Å². The van der Waals surface area contributed by atoms with Crippen molar-refractivity contribution in [2.75, 3.05) is 49.1 Å². The third kappa shape index (κ3) is 4.04. The van der Waals surface area contributed by atoms with Crippen LogP contribution in [0.1, 0.15) is 23.2 Å². The van der Waals surface area contributed by atoms with Crippen LogP contribution < -0.4 is 9.80 Å². The molecule has 2 fully saturated rings. The highest BCUT2D eigenvalue weighted by atomic mass is 79.9. The Kier molecular flexibility index (Phi) is 5.50. The number of anilines is 2. The van der Waals surface area contributed by atoms with Crippen molar-refractivity contribution in [1.82, 2.24) is 15.1 Å². The first kappa shape index (κ1) is 18.5. The molecule has 2 aliphatic rings. The largest absolute Gasteiger partial charge is 0.355 e. The quantitative estimate of drug-likeness (QED) is 0.717. The van der Waals surface area contributed by atoms with Gasteiger partial charge in [-0.1, -0.05) is 27.5 Å². The van der Waals surface area contributed by atoms with Gasteiger partial charge in [0.25, 0.3) is 5.91 Å². The first-order valence-electron chi connectivity index (χ1n) is 9.20. The number of rotatable bonds is 3. The number of amides is 1. The summed E-state index contributed by atoms with van der Waals surface area (Å²) in [5.74, 6) is 1.79. The van der Waals surface area contributed by atoms with Crippen molar-refractivity contribution in [3.8, 4) is 0 Å². The zero-order chi connectivity index (χ0) is 18.8. The van der Waals surface area contributed by atoms with E-state index in [-0.39, 0.29) is 5.91 Å². The molecule has 0 aliphatic carbocycles. The van der Waals surface area contributed by atoms with Gasteiger partial charge in [0.1, 0.15) is 0 Å². The molecule has 0 saturated carbocycles. The van der Waals surface area contributed by atoms with Crippen LogP contribution in [0.5, 0.6) is 0 Å². The topological polar surface area (TPSA) is 52.6 Å². The molecule has 142 valence electrons. The minimum atomic E-state index is -0.0311. The second-order valence-corrected chi connectivity index (χ2v) is 8.17. The number of benzene rings is 1. The fourth-order valence-corrected chi connectivity index (χ4v) is 4.13. The van der Waals surface area contributed by atoms with Gasteiger partial charge in [0.05, 0.1) is 10.6 Å². The zero-order valence-electron chi connectivity index (χ0n) is 14.9. The summed E-state index contributed by atoms with van der Waals surface area (Å²) >= 11 is 9.61. The molecular weight excluding hydrogens is 430 g/mol. The van der Waals surface area contributed by atoms with Crippen molar-refractivity contribution in [3.63, 3.8) is 0 Å². The van der Waals surface area contributed by atoms with E-state index in [0.717, 1.165) is 42.3 Å². The molecule has 27 heavy (non-hydrogen) atoms. The summed E-state index contributed by atoms with van der Waals surface area (Å²) < 4.78 is 0.849. The van der Waals surface area contributed by atoms with E-state index in [1.807, 2.05) is 23.1 Å². The van der Waals surface area contributed by atoms with Gasteiger partial charge >= 0.3 is 0 Å². The molecule has 0 unspecified atom stereocenters. The van der Waals surface area contributed by atoms with Crippen molar-refractivity contribution in [2.45, 2.75) is 12.8 Å². The minimum absolute atomic E-state index is 0.0311. The van der Waals surface area contributed by atoms with E-state index in [2.05, 4.69) is 35.9 Å². The van der Waals surface area contributed by atoms with Crippen molar-refractivity contribution < 1.29 is 4.79 Å². The first-order valence-corrected chi connectivity index (χ1v) is 10.4. The van der Waals surface area contributed by atoms with Crippen molar-refractivity contribution in [2.24, 2.45) is 0 Å². The van der Waals surface area contributed by atoms with Crippen LogP contribution in [0, 0.1) is 0 Å². The number of aromatic nitrogens is 2. The molecular formula is C19H21BrClN5O. The van der Waals surface area contributed by atoms with E-state index in [1.165, 1.54) is 12.8 Å². The predicted molar refractivity (Wildman–Crippen MR) is 111 cm³/mol. The maximum atomic E-state index is 12.8. The standard InChI is InChI=1S/C19H21BrClN5O/c20-14-3-4-16(21)15(13-14)19(27)26-11-9-25(10-12-26)18-6-5-17(22-23-18)24-7-1-2-8-24/h3-6,13H,1-2,7-12H2. The molecule has 0 N–H and O–H groups in total. The van der Waals surface area contributed by atoms with E-state index in [0.29, 0.717) is 23.7 Å². The van der Waals surface area contributed by atoms with Gasteiger partial charge in [0, 0.05) is 43.7 Å². The summed E-state index contributed by atoms with van der Waals surface area (Å²) in [6.07, 6.45) is 2.45. The average molecular weight is 451 g/mol. The van der Waals surface area contributed by atoms with Gasteiger partial charge in [-0.3, -0.25) is 4.79 Å². The van der Waals surface area contributed by atoms with Crippen LogP contribution in [0.25, 0.3) is 0 Å². The number of hydrogen-bond acceptors (Lipinski definition) is 5. The molecule has 2 aliphatic heterocycles. The molecule has 1 amide bonds. The van der Waals surface area contributed by atoms with Crippen LogP contribution >= 0.6 is 27.5 Å². The molecule has 2 aromatic rings. The summed E-state index contributed by atoms with van der Waals surface area (Å²) in [6.45, 7) is 4.86. The van der Waals surface area contributed by atoms with Crippen LogP contribution in [0.4, 0.5) is 11.6 Å². The van der Waals surface area contributed by atoms with Gasteiger partial charge in [-0.2, -0.15) is 0 Å². The second-order valence-electron chi connectivity index (χ2n) is 6.85. The van der Waals surface area contributed by atoms with E-state index >= 15 is 0 Å². The number of halogens is 2. The van der Waals surface area contributed by atoms with Gasteiger partial charge in [0.2, 0.25) is 0 Å². The molecule has 0 spiro atoms. The van der Waals surface area contributed by atoms with Gasteiger partial charge in [-0.25, -0.2) is 0 Å². The normalized spacial score (nSPS) is 17.5. The summed E-state index contributed by atoms with van der Waals surface area (Å²) in [7, 11) is 0. The summed E-state index contributed by atoms with van der Waals surface area (Å²) in [5.41, 5.74) is 0.536. The van der Waals surface area contributed by atoms with Crippen LogP contribution in [0.2, 0.25) is 5.02 Å².